The van der Waals surface area contributed by atoms with Crippen LogP contribution in [-0.2, 0) is 5.41 Å². The highest BCUT2D eigenvalue weighted by Crippen LogP contribution is 2.45. The second-order valence-corrected chi connectivity index (χ2v) is 4.45. The summed E-state index contributed by atoms with van der Waals surface area (Å²) in [6.07, 6.45) is 3.31. The summed E-state index contributed by atoms with van der Waals surface area (Å²) in [6, 6.07) is 1.78. The molecule has 76 valence electrons. The molecule has 0 saturated heterocycles. The van der Waals surface area contributed by atoms with Crippen molar-refractivity contribution in [3.8, 4) is 0 Å². The molecule has 3 nitrogen and oxygen atoms in total. The minimum atomic E-state index is -0.00331. The van der Waals surface area contributed by atoms with Gasteiger partial charge in [-0.15, -0.1) is 10.2 Å². The van der Waals surface area contributed by atoms with Crippen molar-refractivity contribution in [2.45, 2.75) is 24.7 Å². The second-order valence-electron chi connectivity index (χ2n) is 3.71. The minimum Gasteiger partial charge on any atom is -0.330 e. The Morgan fingerprint density at radius 3 is 2.57 bits per heavy atom. The smallest absolute Gasteiger partial charge is 0.155 e. The van der Waals surface area contributed by atoms with E-state index in [-0.39, 0.29) is 5.41 Å². The Morgan fingerprint density at radius 2 is 2.07 bits per heavy atom. The molecule has 14 heavy (non-hydrogen) atoms. The monoisotopic (exact) mass is 231 g/mol. The molecule has 1 aromatic heterocycles. The van der Waals surface area contributed by atoms with E-state index in [0.717, 1.165) is 18.4 Å². The molecule has 2 rings (SSSR count). The maximum absolute atomic E-state index is 5.98. The summed E-state index contributed by atoms with van der Waals surface area (Å²) in [6.45, 7) is 0.592. The van der Waals surface area contributed by atoms with Crippen molar-refractivity contribution in [3.05, 3.63) is 21.9 Å². The molecule has 0 aliphatic heterocycles. The fourth-order valence-corrected chi connectivity index (χ4v) is 2.35. The Balaban J connectivity index is 2.43. The van der Waals surface area contributed by atoms with E-state index in [1.54, 1.807) is 6.07 Å². The number of halogens is 2. The lowest BCUT2D eigenvalue weighted by atomic mass is 9.65. The highest BCUT2D eigenvalue weighted by molar-refractivity contribution is 6.31. The second kappa shape index (κ2) is 3.65. The Labute approximate surface area is 92.6 Å². The number of aromatic nitrogens is 2. The summed E-state index contributed by atoms with van der Waals surface area (Å²) in [4.78, 5) is 0. The van der Waals surface area contributed by atoms with E-state index in [4.69, 9.17) is 28.9 Å². The fourth-order valence-electron chi connectivity index (χ4n) is 1.91. The van der Waals surface area contributed by atoms with Gasteiger partial charge in [-0.2, -0.15) is 0 Å². The van der Waals surface area contributed by atoms with Gasteiger partial charge in [0.2, 0.25) is 0 Å². The molecule has 1 aliphatic rings. The number of hydrogen-bond acceptors (Lipinski definition) is 3. The Bertz CT molecular complexity index is 344. The quantitative estimate of drug-likeness (QED) is 0.849. The summed E-state index contributed by atoms with van der Waals surface area (Å²) in [5, 5.41) is 8.30. The van der Waals surface area contributed by atoms with Gasteiger partial charge in [0.15, 0.2) is 10.3 Å². The first-order valence-electron chi connectivity index (χ1n) is 4.57. The molecule has 0 bridgehead atoms. The van der Waals surface area contributed by atoms with E-state index in [0.29, 0.717) is 16.9 Å². The molecule has 0 atom stereocenters. The van der Waals surface area contributed by atoms with Crippen LogP contribution in [0.3, 0.4) is 0 Å². The number of nitrogens with two attached hydrogens (primary N) is 1. The number of hydrogen-bond donors (Lipinski definition) is 1. The van der Waals surface area contributed by atoms with Gasteiger partial charge in [-0.05, 0) is 18.9 Å². The van der Waals surface area contributed by atoms with Gasteiger partial charge in [0, 0.05) is 17.5 Å². The van der Waals surface area contributed by atoms with Crippen LogP contribution >= 0.6 is 23.2 Å². The summed E-state index contributed by atoms with van der Waals surface area (Å²) in [7, 11) is 0. The van der Waals surface area contributed by atoms with E-state index in [1.165, 1.54) is 6.42 Å². The molecule has 0 unspecified atom stereocenters. The zero-order valence-electron chi connectivity index (χ0n) is 7.63. The predicted molar refractivity (Wildman–Crippen MR) is 56.6 cm³/mol. The molecular weight excluding hydrogens is 221 g/mol. The van der Waals surface area contributed by atoms with Gasteiger partial charge < -0.3 is 5.73 Å². The van der Waals surface area contributed by atoms with E-state index >= 15 is 0 Å². The van der Waals surface area contributed by atoms with E-state index in [1.807, 2.05) is 0 Å². The Kier molecular flexibility index (Phi) is 2.64. The first kappa shape index (κ1) is 10.1. The number of rotatable bonds is 2. The van der Waals surface area contributed by atoms with Gasteiger partial charge in [0.25, 0.3) is 0 Å². The van der Waals surface area contributed by atoms with Crippen molar-refractivity contribution >= 4 is 23.2 Å². The molecule has 1 heterocycles. The molecule has 0 spiro atoms. The van der Waals surface area contributed by atoms with Crippen LogP contribution < -0.4 is 5.73 Å². The molecule has 0 aromatic carbocycles. The standard InChI is InChI=1S/C9H11Cl2N3/c10-7-4-6(8(11)14-13-7)9(5-12)2-1-3-9/h4H,1-3,5,12H2. The van der Waals surface area contributed by atoms with Crippen molar-refractivity contribution in [1.29, 1.82) is 0 Å². The largest absolute Gasteiger partial charge is 0.330 e. The van der Waals surface area contributed by atoms with Gasteiger partial charge in [0.05, 0.1) is 0 Å². The summed E-state index contributed by atoms with van der Waals surface area (Å²) < 4.78 is 0. The predicted octanol–water partition coefficient (Wildman–Crippen LogP) is 2.16. The molecule has 1 fully saturated rings. The van der Waals surface area contributed by atoms with Crippen LogP contribution in [0, 0.1) is 0 Å². The van der Waals surface area contributed by atoms with E-state index in [9.17, 15) is 0 Å². The van der Waals surface area contributed by atoms with Crippen LogP contribution in [0.2, 0.25) is 10.3 Å². The van der Waals surface area contributed by atoms with E-state index < -0.39 is 0 Å². The molecule has 0 radical (unpaired) electrons. The third-order valence-corrected chi connectivity index (χ3v) is 3.46. The zero-order chi connectivity index (χ0) is 10.2. The Morgan fingerprint density at radius 1 is 1.36 bits per heavy atom. The van der Waals surface area contributed by atoms with Crippen LogP contribution in [0.1, 0.15) is 24.8 Å². The number of nitrogens with zero attached hydrogens (tertiary/aromatic N) is 2. The molecule has 5 heteroatoms. The Hall–Kier alpha value is -0.380. The van der Waals surface area contributed by atoms with Gasteiger partial charge in [0.1, 0.15) is 0 Å². The lowest BCUT2D eigenvalue weighted by molar-refractivity contribution is 0.252. The van der Waals surface area contributed by atoms with Crippen molar-refractivity contribution in [1.82, 2.24) is 10.2 Å². The van der Waals surface area contributed by atoms with Gasteiger partial charge in [-0.1, -0.05) is 29.6 Å². The normalized spacial score (nSPS) is 19.1. The first-order chi connectivity index (χ1) is 6.68. The molecule has 1 saturated carbocycles. The molecule has 0 amide bonds. The zero-order valence-corrected chi connectivity index (χ0v) is 9.15. The average molecular weight is 232 g/mol. The molecule has 1 aromatic rings. The maximum Gasteiger partial charge on any atom is 0.155 e. The summed E-state index contributed by atoms with van der Waals surface area (Å²) >= 11 is 11.8. The highest BCUT2D eigenvalue weighted by Gasteiger charge is 2.39. The van der Waals surface area contributed by atoms with Crippen LogP contribution in [0.15, 0.2) is 6.07 Å². The molecule has 1 aliphatic carbocycles. The molecular formula is C9H11Cl2N3. The van der Waals surface area contributed by atoms with Crippen molar-refractivity contribution in [3.63, 3.8) is 0 Å². The first-order valence-corrected chi connectivity index (χ1v) is 5.33. The van der Waals surface area contributed by atoms with Crippen LogP contribution in [0.25, 0.3) is 0 Å². The maximum atomic E-state index is 5.98. The van der Waals surface area contributed by atoms with Crippen molar-refractivity contribution in [2.24, 2.45) is 5.73 Å². The highest BCUT2D eigenvalue weighted by atomic mass is 35.5. The van der Waals surface area contributed by atoms with Gasteiger partial charge in [-0.3, -0.25) is 0 Å². The van der Waals surface area contributed by atoms with Crippen LogP contribution in [0.4, 0.5) is 0 Å². The van der Waals surface area contributed by atoms with Gasteiger partial charge in [-0.25, -0.2) is 0 Å². The fraction of sp³-hybridized carbons (Fsp3) is 0.556. The van der Waals surface area contributed by atoms with E-state index in [2.05, 4.69) is 10.2 Å². The van der Waals surface area contributed by atoms with Crippen molar-refractivity contribution in [2.75, 3.05) is 6.54 Å². The van der Waals surface area contributed by atoms with Gasteiger partial charge >= 0.3 is 0 Å². The summed E-state index contributed by atoms with van der Waals surface area (Å²) in [5.41, 5.74) is 6.72. The molecule has 2 N–H and O–H groups in total. The van der Waals surface area contributed by atoms with Crippen LogP contribution in [-0.4, -0.2) is 16.7 Å². The lowest BCUT2D eigenvalue weighted by Crippen LogP contribution is -2.42. The van der Waals surface area contributed by atoms with Crippen LogP contribution in [0.5, 0.6) is 0 Å². The van der Waals surface area contributed by atoms with Crippen molar-refractivity contribution < 1.29 is 0 Å². The average Bonchev–Trinajstić information content (AvgIpc) is 2.10. The summed E-state index contributed by atoms with van der Waals surface area (Å²) in [5.74, 6) is 0. The SMILES string of the molecule is NCC1(c2cc(Cl)nnc2Cl)CCC1. The lowest BCUT2D eigenvalue weighted by Gasteiger charge is -2.41. The third kappa shape index (κ3) is 1.49. The minimum absolute atomic E-state index is 0.00331. The third-order valence-electron chi connectivity index (χ3n) is 2.99. The topological polar surface area (TPSA) is 51.8 Å².